The summed E-state index contributed by atoms with van der Waals surface area (Å²) in [6.45, 7) is 2.83. The van der Waals surface area contributed by atoms with E-state index in [1.165, 1.54) is 10.4 Å². The number of thiophene rings is 1. The van der Waals surface area contributed by atoms with Gasteiger partial charge in [-0.25, -0.2) is 0 Å². The largest absolute Gasteiger partial charge is 0.490 e. The van der Waals surface area contributed by atoms with E-state index in [0.29, 0.717) is 13.2 Å². The highest BCUT2D eigenvalue weighted by molar-refractivity contribution is 7.09. The second-order valence-corrected chi connectivity index (χ2v) is 6.37. The van der Waals surface area contributed by atoms with Crippen molar-refractivity contribution in [1.29, 1.82) is 0 Å². The van der Waals surface area contributed by atoms with Crippen LogP contribution in [0.5, 0.6) is 11.5 Å². The van der Waals surface area contributed by atoms with Gasteiger partial charge in [0.05, 0.1) is 0 Å². The SMILES string of the molecule is c1ccc(OCCOc2ccc(CNCc3cccs3)cc2)cc1. The minimum absolute atomic E-state index is 0.533. The molecule has 3 aromatic rings. The zero-order valence-corrected chi connectivity index (χ0v) is 14.3. The standard InChI is InChI=1S/C20H21NO2S/c1-2-5-18(6-3-1)22-12-13-23-19-10-8-17(9-11-19)15-21-16-20-7-4-14-24-20/h1-11,14,21H,12-13,15-16H2. The molecule has 0 unspecified atom stereocenters. The molecule has 0 aliphatic heterocycles. The molecule has 2 aromatic carbocycles. The Morgan fingerprint density at radius 2 is 1.42 bits per heavy atom. The average molecular weight is 339 g/mol. The third kappa shape index (κ3) is 5.41. The Kier molecular flexibility index (Phi) is 6.28. The van der Waals surface area contributed by atoms with Crippen LogP contribution in [0.15, 0.2) is 72.1 Å². The fraction of sp³-hybridized carbons (Fsp3) is 0.200. The van der Waals surface area contributed by atoms with Crippen molar-refractivity contribution in [2.45, 2.75) is 13.1 Å². The molecule has 24 heavy (non-hydrogen) atoms. The lowest BCUT2D eigenvalue weighted by molar-refractivity contribution is 0.217. The van der Waals surface area contributed by atoms with Gasteiger partial charge in [-0.05, 0) is 41.3 Å². The third-order valence-corrected chi connectivity index (χ3v) is 4.37. The molecule has 0 saturated heterocycles. The van der Waals surface area contributed by atoms with E-state index in [0.717, 1.165) is 24.6 Å². The molecule has 0 radical (unpaired) electrons. The Morgan fingerprint density at radius 1 is 0.708 bits per heavy atom. The van der Waals surface area contributed by atoms with Gasteiger partial charge in [-0.2, -0.15) is 0 Å². The van der Waals surface area contributed by atoms with Crippen molar-refractivity contribution in [1.82, 2.24) is 5.32 Å². The molecule has 0 aliphatic rings. The summed E-state index contributed by atoms with van der Waals surface area (Å²) < 4.78 is 11.3. The fourth-order valence-corrected chi connectivity index (χ4v) is 2.96. The van der Waals surface area contributed by atoms with E-state index in [1.807, 2.05) is 42.5 Å². The van der Waals surface area contributed by atoms with Crippen molar-refractivity contribution in [2.75, 3.05) is 13.2 Å². The van der Waals surface area contributed by atoms with Gasteiger partial charge >= 0.3 is 0 Å². The Hall–Kier alpha value is -2.30. The van der Waals surface area contributed by atoms with E-state index in [9.17, 15) is 0 Å². The van der Waals surface area contributed by atoms with Gasteiger partial charge in [-0.1, -0.05) is 36.4 Å². The minimum Gasteiger partial charge on any atom is -0.490 e. The first kappa shape index (κ1) is 16.6. The number of hydrogen-bond donors (Lipinski definition) is 1. The van der Waals surface area contributed by atoms with Gasteiger partial charge in [0, 0.05) is 18.0 Å². The summed E-state index contributed by atoms with van der Waals surface area (Å²) in [5, 5.41) is 5.55. The molecule has 124 valence electrons. The molecule has 0 fully saturated rings. The van der Waals surface area contributed by atoms with Gasteiger partial charge in [-0.3, -0.25) is 0 Å². The highest BCUT2D eigenvalue weighted by Gasteiger charge is 1.98. The van der Waals surface area contributed by atoms with Crippen molar-refractivity contribution in [3.05, 3.63) is 82.6 Å². The number of nitrogens with one attached hydrogen (secondary N) is 1. The molecular formula is C20H21NO2S. The first-order valence-corrected chi connectivity index (χ1v) is 8.91. The Balaban J connectivity index is 1.35. The van der Waals surface area contributed by atoms with Crippen LogP contribution < -0.4 is 14.8 Å². The molecule has 4 heteroatoms. The van der Waals surface area contributed by atoms with Crippen LogP contribution in [0.3, 0.4) is 0 Å². The minimum atomic E-state index is 0.533. The topological polar surface area (TPSA) is 30.5 Å². The van der Waals surface area contributed by atoms with E-state index in [4.69, 9.17) is 9.47 Å². The summed E-state index contributed by atoms with van der Waals surface area (Å²) in [4.78, 5) is 1.35. The summed E-state index contributed by atoms with van der Waals surface area (Å²) in [5.74, 6) is 1.74. The summed E-state index contributed by atoms with van der Waals surface area (Å²) in [6, 6.07) is 22.2. The van der Waals surface area contributed by atoms with Crippen molar-refractivity contribution in [3.8, 4) is 11.5 Å². The molecule has 1 heterocycles. The molecule has 0 amide bonds. The fourth-order valence-electron chi connectivity index (χ4n) is 2.28. The van der Waals surface area contributed by atoms with Crippen LogP contribution in [0, 0.1) is 0 Å². The van der Waals surface area contributed by atoms with Gasteiger partial charge in [0.2, 0.25) is 0 Å². The second-order valence-electron chi connectivity index (χ2n) is 5.34. The van der Waals surface area contributed by atoms with E-state index in [2.05, 4.69) is 35.0 Å². The highest BCUT2D eigenvalue weighted by Crippen LogP contribution is 2.13. The molecule has 0 atom stereocenters. The Bertz CT molecular complexity index is 696. The number of para-hydroxylation sites is 1. The van der Waals surface area contributed by atoms with E-state index < -0.39 is 0 Å². The average Bonchev–Trinajstić information content (AvgIpc) is 3.14. The predicted molar refractivity (Wildman–Crippen MR) is 98.7 cm³/mol. The van der Waals surface area contributed by atoms with E-state index in [-0.39, 0.29) is 0 Å². The van der Waals surface area contributed by atoms with Gasteiger partial charge in [0.15, 0.2) is 0 Å². The molecule has 3 rings (SSSR count). The highest BCUT2D eigenvalue weighted by atomic mass is 32.1. The normalized spacial score (nSPS) is 10.5. The van der Waals surface area contributed by atoms with Gasteiger partial charge in [0.1, 0.15) is 24.7 Å². The van der Waals surface area contributed by atoms with Crippen LogP contribution in [0.1, 0.15) is 10.4 Å². The smallest absolute Gasteiger partial charge is 0.122 e. The van der Waals surface area contributed by atoms with Crippen molar-refractivity contribution in [3.63, 3.8) is 0 Å². The van der Waals surface area contributed by atoms with Crippen LogP contribution in [0.4, 0.5) is 0 Å². The van der Waals surface area contributed by atoms with Crippen molar-refractivity contribution in [2.24, 2.45) is 0 Å². The number of hydrogen-bond acceptors (Lipinski definition) is 4. The first-order chi connectivity index (χ1) is 11.9. The molecule has 0 bridgehead atoms. The van der Waals surface area contributed by atoms with Gasteiger partial charge in [-0.15, -0.1) is 11.3 Å². The van der Waals surface area contributed by atoms with Crippen LogP contribution in [0.25, 0.3) is 0 Å². The lowest BCUT2D eigenvalue weighted by Gasteiger charge is -2.09. The zero-order chi connectivity index (χ0) is 16.5. The number of ether oxygens (including phenoxy) is 2. The molecule has 0 aliphatic carbocycles. The van der Waals surface area contributed by atoms with Crippen LogP contribution in [-0.4, -0.2) is 13.2 Å². The molecular weight excluding hydrogens is 318 g/mol. The molecule has 0 spiro atoms. The molecule has 1 aromatic heterocycles. The maximum atomic E-state index is 5.70. The molecule has 1 N–H and O–H groups in total. The Labute approximate surface area is 146 Å². The predicted octanol–water partition coefficient (Wildman–Crippen LogP) is 4.50. The zero-order valence-electron chi connectivity index (χ0n) is 13.5. The summed E-state index contributed by atoms with van der Waals surface area (Å²) in [6.07, 6.45) is 0. The monoisotopic (exact) mass is 339 g/mol. The maximum absolute atomic E-state index is 5.70. The Morgan fingerprint density at radius 3 is 2.08 bits per heavy atom. The van der Waals surface area contributed by atoms with Crippen molar-refractivity contribution >= 4 is 11.3 Å². The quantitative estimate of drug-likeness (QED) is 0.583. The van der Waals surface area contributed by atoms with Crippen LogP contribution in [-0.2, 0) is 13.1 Å². The van der Waals surface area contributed by atoms with Crippen LogP contribution >= 0.6 is 11.3 Å². The summed E-state index contributed by atoms with van der Waals surface area (Å²) in [5.41, 5.74) is 1.25. The lowest BCUT2D eigenvalue weighted by atomic mass is 10.2. The maximum Gasteiger partial charge on any atom is 0.122 e. The van der Waals surface area contributed by atoms with Crippen molar-refractivity contribution < 1.29 is 9.47 Å². The first-order valence-electron chi connectivity index (χ1n) is 8.03. The second kappa shape index (κ2) is 9.11. The molecule has 0 saturated carbocycles. The lowest BCUT2D eigenvalue weighted by Crippen LogP contribution is -2.12. The summed E-state index contributed by atoms with van der Waals surface area (Å²) in [7, 11) is 0. The van der Waals surface area contributed by atoms with Gasteiger partial charge in [0.25, 0.3) is 0 Å². The molecule has 3 nitrogen and oxygen atoms in total. The third-order valence-electron chi connectivity index (χ3n) is 3.50. The van der Waals surface area contributed by atoms with Gasteiger partial charge < -0.3 is 14.8 Å². The summed E-state index contributed by atoms with van der Waals surface area (Å²) >= 11 is 1.78. The van der Waals surface area contributed by atoms with Crippen LogP contribution in [0.2, 0.25) is 0 Å². The number of rotatable bonds is 9. The van der Waals surface area contributed by atoms with E-state index >= 15 is 0 Å². The number of benzene rings is 2. The van der Waals surface area contributed by atoms with E-state index in [1.54, 1.807) is 11.3 Å².